The summed E-state index contributed by atoms with van der Waals surface area (Å²) in [6.07, 6.45) is 1.85. The molecule has 1 atom stereocenters. The lowest BCUT2D eigenvalue weighted by Gasteiger charge is -2.12. The Kier molecular flexibility index (Phi) is 4.08. The number of nitrogens with two attached hydrogens (primary N) is 1. The molecule has 0 saturated heterocycles. The number of anilines is 1. The van der Waals surface area contributed by atoms with Gasteiger partial charge < -0.3 is 4.74 Å². The van der Waals surface area contributed by atoms with E-state index >= 15 is 0 Å². The summed E-state index contributed by atoms with van der Waals surface area (Å²) in [4.78, 5) is 5.14. The molecule has 2 aromatic rings. The van der Waals surface area contributed by atoms with Crippen molar-refractivity contribution in [3.8, 4) is 0 Å². The topological polar surface area (TPSA) is 60.2 Å². The Morgan fingerprint density at radius 2 is 2.18 bits per heavy atom. The third-order valence-corrected chi connectivity index (χ3v) is 3.32. The number of hydrogen-bond acceptors (Lipinski definition) is 5. The molecule has 0 aliphatic carbocycles. The molecule has 1 aromatic heterocycles. The summed E-state index contributed by atoms with van der Waals surface area (Å²) in [5.74, 6) is 5.27. The van der Waals surface area contributed by atoms with E-state index in [4.69, 9.17) is 10.6 Å². The van der Waals surface area contributed by atoms with Gasteiger partial charge >= 0.3 is 0 Å². The molecule has 3 N–H and O–H groups in total. The van der Waals surface area contributed by atoms with Gasteiger partial charge in [-0.25, -0.2) is 10.8 Å². The van der Waals surface area contributed by atoms with Crippen LogP contribution in [-0.4, -0.2) is 4.98 Å². The molecule has 0 saturated carbocycles. The molecule has 0 spiro atoms. The van der Waals surface area contributed by atoms with Crippen molar-refractivity contribution < 1.29 is 4.74 Å². The van der Waals surface area contributed by atoms with Crippen molar-refractivity contribution in [1.29, 1.82) is 0 Å². The van der Waals surface area contributed by atoms with Gasteiger partial charge in [-0.3, -0.25) is 5.43 Å². The van der Waals surface area contributed by atoms with Crippen LogP contribution in [-0.2, 0) is 11.3 Å². The zero-order valence-corrected chi connectivity index (χ0v) is 10.4. The second-order valence-corrected chi connectivity index (χ2v) is 4.76. The fourth-order valence-electron chi connectivity index (χ4n) is 1.47. The van der Waals surface area contributed by atoms with Crippen LogP contribution in [0.4, 0.5) is 5.13 Å². The molecule has 0 amide bonds. The summed E-state index contributed by atoms with van der Waals surface area (Å²) >= 11 is 1.50. The number of hydrazine groups is 1. The van der Waals surface area contributed by atoms with E-state index in [1.165, 1.54) is 16.9 Å². The standard InChI is InChI=1S/C12H15N3OS/c1-9(10-5-3-2-4-6-10)16-8-11-7-14-12(15-13)17-11/h2-7,9H,8,13H2,1H3,(H,14,15). The fraction of sp³-hybridized carbons (Fsp3) is 0.250. The second kappa shape index (κ2) is 5.77. The number of nitrogen functional groups attached to an aromatic ring is 1. The SMILES string of the molecule is CC(OCc1cnc(NN)s1)c1ccccc1. The van der Waals surface area contributed by atoms with Crippen molar-refractivity contribution in [2.45, 2.75) is 19.6 Å². The highest BCUT2D eigenvalue weighted by Gasteiger charge is 2.07. The summed E-state index contributed by atoms with van der Waals surface area (Å²) in [5.41, 5.74) is 3.69. The van der Waals surface area contributed by atoms with Gasteiger partial charge in [0.25, 0.3) is 0 Å². The van der Waals surface area contributed by atoms with E-state index in [0.717, 1.165) is 4.88 Å². The van der Waals surface area contributed by atoms with Crippen molar-refractivity contribution in [3.05, 3.63) is 47.0 Å². The van der Waals surface area contributed by atoms with Crippen LogP contribution in [0, 0.1) is 0 Å². The van der Waals surface area contributed by atoms with Crippen LogP contribution in [0.15, 0.2) is 36.5 Å². The number of nitrogens with zero attached hydrogens (tertiary/aromatic N) is 1. The normalized spacial score (nSPS) is 12.4. The maximum Gasteiger partial charge on any atom is 0.197 e. The summed E-state index contributed by atoms with van der Waals surface area (Å²) < 4.78 is 5.77. The molecule has 0 radical (unpaired) electrons. The molecule has 1 aromatic carbocycles. The Bertz CT molecular complexity index is 458. The van der Waals surface area contributed by atoms with Gasteiger partial charge in [0.15, 0.2) is 5.13 Å². The first-order valence-electron chi connectivity index (χ1n) is 5.37. The highest BCUT2D eigenvalue weighted by molar-refractivity contribution is 7.15. The molecule has 0 fully saturated rings. The average Bonchev–Trinajstić information content (AvgIpc) is 2.85. The minimum absolute atomic E-state index is 0.0765. The maximum absolute atomic E-state index is 5.77. The molecule has 5 heteroatoms. The molecule has 17 heavy (non-hydrogen) atoms. The Labute approximate surface area is 104 Å². The third kappa shape index (κ3) is 3.26. The van der Waals surface area contributed by atoms with Crippen molar-refractivity contribution >= 4 is 16.5 Å². The van der Waals surface area contributed by atoms with Crippen LogP contribution in [0.5, 0.6) is 0 Å². The van der Waals surface area contributed by atoms with Gasteiger partial charge in [-0.05, 0) is 12.5 Å². The number of hydrogen-bond donors (Lipinski definition) is 2. The Balaban J connectivity index is 1.90. The predicted octanol–water partition coefficient (Wildman–Crippen LogP) is 2.71. The van der Waals surface area contributed by atoms with Gasteiger partial charge in [0.05, 0.1) is 17.6 Å². The quantitative estimate of drug-likeness (QED) is 0.632. The van der Waals surface area contributed by atoms with Gasteiger partial charge in [-0.2, -0.15) is 0 Å². The van der Waals surface area contributed by atoms with Crippen molar-refractivity contribution in [2.24, 2.45) is 5.84 Å². The fourth-order valence-corrected chi connectivity index (χ4v) is 2.11. The number of ether oxygens (including phenoxy) is 1. The maximum atomic E-state index is 5.77. The Morgan fingerprint density at radius 1 is 1.41 bits per heavy atom. The summed E-state index contributed by atoms with van der Waals surface area (Å²) in [6.45, 7) is 2.59. The smallest absolute Gasteiger partial charge is 0.197 e. The number of nitrogens with one attached hydrogen (secondary N) is 1. The van der Waals surface area contributed by atoms with E-state index in [9.17, 15) is 0 Å². The van der Waals surface area contributed by atoms with Crippen LogP contribution >= 0.6 is 11.3 Å². The lowest BCUT2D eigenvalue weighted by Crippen LogP contribution is -2.05. The highest BCUT2D eigenvalue weighted by atomic mass is 32.1. The van der Waals surface area contributed by atoms with Gasteiger partial charge in [-0.1, -0.05) is 41.7 Å². The number of thiazole rings is 1. The predicted molar refractivity (Wildman–Crippen MR) is 69.6 cm³/mol. The average molecular weight is 249 g/mol. The zero-order valence-electron chi connectivity index (χ0n) is 9.59. The lowest BCUT2D eigenvalue weighted by atomic mass is 10.1. The molecule has 1 unspecified atom stereocenters. The molecule has 90 valence electrons. The first-order chi connectivity index (χ1) is 8.29. The first-order valence-corrected chi connectivity index (χ1v) is 6.19. The molecular weight excluding hydrogens is 234 g/mol. The lowest BCUT2D eigenvalue weighted by molar-refractivity contribution is 0.0541. The largest absolute Gasteiger partial charge is 0.368 e. The van der Waals surface area contributed by atoms with Crippen molar-refractivity contribution in [1.82, 2.24) is 4.98 Å². The van der Waals surface area contributed by atoms with E-state index in [2.05, 4.69) is 22.5 Å². The minimum atomic E-state index is 0.0765. The molecule has 0 bridgehead atoms. The summed E-state index contributed by atoms with van der Waals surface area (Å²) in [5, 5.41) is 0.705. The number of rotatable bonds is 5. The van der Waals surface area contributed by atoms with E-state index < -0.39 is 0 Å². The monoisotopic (exact) mass is 249 g/mol. The van der Waals surface area contributed by atoms with E-state index in [1.54, 1.807) is 6.20 Å². The Morgan fingerprint density at radius 3 is 2.82 bits per heavy atom. The minimum Gasteiger partial charge on any atom is -0.368 e. The second-order valence-electron chi connectivity index (χ2n) is 3.64. The molecule has 0 aliphatic rings. The zero-order chi connectivity index (χ0) is 12.1. The number of benzene rings is 1. The van der Waals surface area contributed by atoms with Crippen LogP contribution in [0.1, 0.15) is 23.5 Å². The van der Waals surface area contributed by atoms with Crippen LogP contribution in [0.25, 0.3) is 0 Å². The van der Waals surface area contributed by atoms with Gasteiger partial charge in [0.2, 0.25) is 0 Å². The Hall–Kier alpha value is -1.43. The molecule has 4 nitrogen and oxygen atoms in total. The first kappa shape index (κ1) is 12.0. The number of aromatic nitrogens is 1. The van der Waals surface area contributed by atoms with Gasteiger partial charge in [-0.15, -0.1) is 0 Å². The van der Waals surface area contributed by atoms with E-state index in [1.807, 2.05) is 25.1 Å². The third-order valence-electron chi connectivity index (χ3n) is 2.42. The van der Waals surface area contributed by atoms with Gasteiger partial charge in [0, 0.05) is 6.20 Å². The van der Waals surface area contributed by atoms with E-state index in [-0.39, 0.29) is 6.10 Å². The molecule has 2 rings (SSSR count). The van der Waals surface area contributed by atoms with Crippen molar-refractivity contribution in [2.75, 3.05) is 5.43 Å². The van der Waals surface area contributed by atoms with Crippen molar-refractivity contribution in [3.63, 3.8) is 0 Å². The van der Waals surface area contributed by atoms with Gasteiger partial charge in [0.1, 0.15) is 0 Å². The highest BCUT2D eigenvalue weighted by Crippen LogP contribution is 2.22. The van der Waals surface area contributed by atoms with Crippen LogP contribution in [0.3, 0.4) is 0 Å². The van der Waals surface area contributed by atoms with Crippen LogP contribution in [0.2, 0.25) is 0 Å². The summed E-state index contributed by atoms with van der Waals surface area (Å²) in [6, 6.07) is 10.1. The van der Waals surface area contributed by atoms with Crippen LogP contribution < -0.4 is 11.3 Å². The molecular formula is C12H15N3OS. The molecule has 1 heterocycles. The molecule has 0 aliphatic heterocycles. The van der Waals surface area contributed by atoms with E-state index in [0.29, 0.717) is 11.7 Å². The summed E-state index contributed by atoms with van der Waals surface area (Å²) in [7, 11) is 0.